The van der Waals surface area contributed by atoms with Gasteiger partial charge in [0.1, 0.15) is 11.3 Å². The Morgan fingerprint density at radius 3 is 2.33 bits per heavy atom. The van der Waals surface area contributed by atoms with Gasteiger partial charge in [-0.05, 0) is 18.1 Å². The minimum atomic E-state index is -4.69. The zero-order chi connectivity index (χ0) is 14.1. The molecule has 0 radical (unpaired) electrons. The second-order valence-corrected chi connectivity index (χ2v) is 4.24. The van der Waals surface area contributed by atoms with Gasteiger partial charge in [0.15, 0.2) is 0 Å². The number of nitrogens with zero attached hydrogens (tertiary/aromatic N) is 1. The van der Waals surface area contributed by atoms with Crippen molar-refractivity contribution in [1.29, 1.82) is 0 Å². The first kappa shape index (κ1) is 14.3. The topological polar surface area (TPSA) is 59.3 Å². The van der Waals surface area contributed by atoms with Crippen LogP contribution in [0.3, 0.4) is 0 Å². The lowest BCUT2D eigenvalue weighted by Gasteiger charge is -2.17. The number of hydrogen-bond acceptors (Lipinski definition) is 2. The molecule has 1 N–H and O–H groups in total. The highest BCUT2D eigenvalue weighted by molar-refractivity contribution is 5.87. The van der Waals surface area contributed by atoms with Gasteiger partial charge in [0.25, 0.3) is 5.56 Å². The molecule has 4 nitrogen and oxygen atoms in total. The molecule has 1 rings (SSSR count). The zero-order valence-corrected chi connectivity index (χ0v) is 9.78. The van der Waals surface area contributed by atoms with Crippen molar-refractivity contribution in [2.45, 2.75) is 26.6 Å². The van der Waals surface area contributed by atoms with Gasteiger partial charge in [-0.2, -0.15) is 13.2 Å². The van der Waals surface area contributed by atoms with E-state index >= 15 is 0 Å². The number of aromatic nitrogens is 1. The van der Waals surface area contributed by atoms with E-state index in [0.29, 0.717) is 16.7 Å². The molecule has 0 bridgehead atoms. The van der Waals surface area contributed by atoms with Gasteiger partial charge in [-0.15, -0.1) is 0 Å². The van der Waals surface area contributed by atoms with Crippen LogP contribution in [0.2, 0.25) is 0 Å². The van der Waals surface area contributed by atoms with Gasteiger partial charge in [-0.25, -0.2) is 4.79 Å². The molecule has 100 valence electrons. The van der Waals surface area contributed by atoms with Crippen molar-refractivity contribution in [3.8, 4) is 0 Å². The van der Waals surface area contributed by atoms with Crippen LogP contribution in [0.1, 0.15) is 29.9 Å². The summed E-state index contributed by atoms with van der Waals surface area (Å²) in [6.45, 7) is 3.09. The molecule has 0 atom stereocenters. The second-order valence-electron chi connectivity index (χ2n) is 4.24. The van der Waals surface area contributed by atoms with Crippen LogP contribution >= 0.6 is 0 Å². The molecule has 0 saturated heterocycles. The summed E-state index contributed by atoms with van der Waals surface area (Å²) in [6, 6.07) is 1.30. The summed E-state index contributed by atoms with van der Waals surface area (Å²) < 4.78 is 38.6. The average molecular weight is 263 g/mol. The van der Waals surface area contributed by atoms with Crippen LogP contribution in [0.15, 0.2) is 16.9 Å². The standard InChI is InChI=1S/C11H12F3NO3/c1-6(2)5-15-8(11(12,13)14)4-3-7(9(15)16)10(17)18/h3-4,6H,5H2,1-2H3,(H,17,18). The molecular formula is C11H12F3NO3. The molecular weight excluding hydrogens is 251 g/mol. The minimum Gasteiger partial charge on any atom is -0.477 e. The molecule has 0 unspecified atom stereocenters. The van der Waals surface area contributed by atoms with E-state index in [9.17, 15) is 22.8 Å². The maximum Gasteiger partial charge on any atom is 0.431 e. The number of aromatic carboxylic acids is 1. The van der Waals surface area contributed by atoms with E-state index in [1.165, 1.54) is 0 Å². The molecule has 0 aliphatic rings. The van der Waals surface area contributed by atoms with Crippen LogP contribution in [-0.2, 0) is 12.7 Å². The first-order chi connectivity index (χ1) is 8.14. The molecule has 7 heteroatoms. The highest BCUT2D eigenvalue weighted by Crippen LogP contribution is 2.28. The Bertz CT molecular complexity index is 517. The van der Waals surface area contributed by atoms with Crippen LogP contribution in [-0.4, -0.2) is 15.6 Å². The molecule has 1 aromatic heterocycles. The number of carboxylic acid groups (broad SMARTS) is 1. The summed E-state index contributed by atoms with van der Waals surface area (Å²) in [4.78, 5) is 22.4. The minimum absolute atomic E-state index is 0.186. The molecule has 0 saturated carbocycles. The molecule has 18 heavy (non-hydrogen) atoms. The van der Waals surface area contributed by atoms with Crippen molar-refractivity contribution in [2.24, 2.45) is 5.92 Å². The molecule has 1 aromatic rings. The monoisotopic (exact) mass is 263 g/mol. The lowest BCUT2D eigenvalue weighted by Crippen LogP contribution is -2.33. The Morgan fingerprint density at radius 1 is 1.39 bits per heavy atom. The summed E-state index contributed by atoms with van der Waals surface area (Å²) in [7, 11) is 0. The van der Waals surface area contributed by atoms with Crippen molar-refractivity contribution in [2.75, 3.05) is 0 Å². The van der Waals surface area contributed by atoms with E-state index in [1.807, 2.05) is 0 Å². The maximum absolute atomic E-state index is 12.7. The van der Waals surface area contributed by atoms with E-state index in [0.717, 1.165) is 0 Å². The summed E-state index contributed by atoms with van der Waals surface area (Å²) in [5.41, 5.74) is -2.93. The van der Waals surface area contributed by atoms with Gasteiger partial charge >= 0.3 is 12.1 Å². The average Bonchev–Trinajstić information content (AvgIpc) is 2.17. The molecule has 0 aliphatic heterocycles. The van der Waals surface area contributed by atoms with Crippen molar-refractivity contribution in [3.63, 3.8) is 0 Å². The van der Waals surface area contributed by atoms with E-state index in [-0.39, 0.29) is 12.5 Å². The van der Waals surface area contributed by atoms with Gasteiger partial charge in [-0.3, -0.25) is 4.79 Å². The van der Waals surface area contributed by atoms with Crippen molar-refractivity contribution in [3.05, 3.63) is 33.7 Å². The molecule has 0 aliphatic carbocycles. The number of carboxylic acids is 1. The van der Waals surface area contributed by atoms with E-state index in [2.05, 4.69) is 0 Å². The highest BCUT2D eigenvalue weighted by atomic mass is 19.4. The van der Waals surface area contributed by atoms with Gasteiger partial charge in [0.2, 0.25) is 0 Å². The number of halogens is 3. The molecule has 0 fully saturated rings. The second kappa shape index (κ2) is 4.83. The summed E-state index contributed by atoms with van der Waals surface area (Å²) >= 11 is 0. The number of pyridine rings is 1. The third-order valence-corrected chi connectivity index (χ3v) is 2.24. The van der Waals surface area contributed by atoms with Gasteiger partial charge < -0.3 is 9.67 Å². The Kier molecular flexibility index (Phi) is 3.83. The predicted molar refractivity (Wildman–Crippen MR) is 57.5 cm³/mol. The Labute approximate surface area is 101 Å². The summed E-state index contributed by atoms with van der Waals surface area (Å²) in [5, 5.41) is 8.72. The zero-order valence-electron chi connectivity index (χ0n) is 9.78. The van der Waals surface area contributed by atoms with E-state index in [4.69, 9.17) is 5.11 Å². The van der Waals surface area contributed by atoms with Gasteiger partial charge in [0.05, 0.1) is 0 Å². The lowest BCUT2D eigenvalue weighted by atomic mass is 10.2. The van der Waals surface area contributed by atoms with Crippen molar-refractivity contribution in [1.82, 2.24) is 4.57 Å². The summed E-state index contributed by atoms with van der Waals surface area (Å²) in [6.07, 6.45) is -4.69. The normalized spacial score (nSPS) is 11.9. The van der Waals surface area contributed by atoms with Crippen LogP contribution in [0.4, 0.5) is 13.2 Å². The van der Waals surface area contributed by atoms with Crippen LogP contribution in [0.25, 0.3) is 0 Å². The Hall–Kier alpha value is -1.79. The molecule has 0 spiro atoms. The largest absolute Gasteiger partial charge is 0.477 e. The Morgan fingerprint density at radius 2 is 1.94 bits per heavy atom. The third kappa shape index (κ3) is 2.91. The third-order valence-electron chi connectivity index (χ3n) is 2.24. The number of rotatable bonds is 3. The SMILES string of the molecule is CC(C)Cn1c(C(F)(F)F)ccc(C(=O)O)c1=O. The number of carbonyl (C=O) groups is 1. The van der Waals surface area contributed by atoms with Crippen LogP contribution < -0.4 is 5.56 Å². The first-order valence-electron chi connectivity index (χ1n) is 5.19. The van der Waals surface area contributed by atoms with E-state index < -0.39 is 29.0 Å². The molecule has 1 heterocycles. The fourth-order valence-electron chi connectivity index (χ4n) is 1.54. The van der Waals surface area contributed by atoms with Crippen LogP contribution in [0, 0.1) is 5.92 Å². The quantitative estimate of drug-likeness (QED) is 0.909. The number of hydrogen-bond donors (Lipinski definition) is 1. The predicted octanol–water partition coefficient (Wildman–Crippen LogP) is 2.22. The lowest BCUT2D eigenvalue weighted by molar-refractivity contribution is -0.144. The van der Waals surface area contributed by atoms with Gasteiger partial charge in [-0.1, -0.05) is 13.8 Å². The fraction of sp³-hybridized carbons (Fsp3) is 0.455. The van der Waals surface area contributed by atoms with E-state index in [1.54, 1.807) is 13.8 Å². The molecule has 0 aromatic carbocycles. The maximum atomic E-state index is 12.7. The highest BCUT2D eigenvalue weighted by Gasteiger charge is 2.35. The van der Waals surface area contributed by atoms with Crippen molar-refractivity contribution >= 4 is 5.97 Å². The summed E-state index contributed by atoms with van der Waals surface area (Å²) in [5.74, 6) is -1.75. The fourth-order valence-corrected chi connectivity index (χ4v) is 1.54. The van der Waals surface area contributed by atoms with Crippen molar-refractivity contribution < 1.29 is 23.1 Å². The first-order valence-corrected chi connectivity index (χ1v) is 5.19. The molecule has 0 amide bonds. The van der Waals surface area contributed by atoms with Gasteiger partial charge in [0, 0.05) is 6.54 Å². The van der Waals surface area contributed by atoms with Crippen LogP contribution in [0.5, 0.6) is 0 Å². The Balaban J connectivity index is 3.52. The smallest absolute Gasteiger partial charge is 0.431 e. The number of alkyl halides is 3.